The van der Waals surface area contributed by atoms with Crippen molar-refractivity contribution in [3.8, 4) is 0 Å². The molecular formula is C7H11Li. The zero-order valence-electron chi connectivity index (χ0n) is 6.15. The fraction of sp³-hybridized carbons (Fsp3) is 0.571. The van der Waals surface area contributed by atoms with Gasteiger partial charge in [0.2, 0.25) is 0 Å². The van der Waals surface area contributed by atoms with E-state index in [-0.39, 0.29) is 24.3 Å². The third-order valence-corrected chi connectivity index (χ3v) is 0.516. The van der Waals surface area contributed by atoms with Crippen LogP contribution in [0.3, 0.4) is 0 Å². The summed E-state index contributed by atoms with van der Waals surface area (Å²) in [5.74, 6) is 0. The van der Waals surface area contributed by atoms with Crippen LogP contribution in [-0.4, -0.2) is 0 Å². The van der Waals surface area contributed by atoms with Crippen molar-refractivity contribution >= 4 is 0 Å². The Kier molecular flexibility index (Phi) is 5.55. The maximum Gasteiger partial charge on any atom is 1.00 e. The maximum absolute atomic E-state index is 5.01. The van der Waals surface area contributed by atoms with Crippen molar-refractivity contribution in [1.29, 1.82) is 0 Å². The fourth-order valence-corrected chi connectivity index (χ4v) is 0.250. The van der Waals surface area contributed by atoms with Crippen molar-refractivity contribution in [2.45, 2.75) is 20.8 Å². The summed E-state index contributed by atoms with van der Waals surface area (Å²) in [6.45, 7) is 11.2. The van der Waals surface area contributed by atoms with Crippen LogP contribution in [0, 0.1) is 12.0 Å². The first-order valence-corrected chi connectivity index (χ1v) is 2.37. The summed E-state index contributed by atoms with van der Waals surface area (Å²) < 4.78 is 0. The van der Waals surface area contributed by atoms with E-state index in [1.807, 2.05) is 6.08 Å². The predicted octanol–water partition coefficient (Wildman–Crippen LogP) is -0.819. The Morgan fingerprint density at radius 1 is 1.38 bits per heavy atom. The summed E-state index contributed by atoms with van der Waals surface area (Å²) in [4.78, 5) is 0. The molecular weight excluding hydrogens is 91.0 g/mol. The van der Waals surface area contributed by atoms with Gasteiger partial charge in [-0.2, -0.15) is 6.08 Å². The molecule has 0 spiro atoms. The third-order valence-electron chi connectivity index (χ3n) is 0.516. The van der Waals surface area contributed by atoms with Gasteiger partial charge in [0.1, 0.15) is 0 Å². The average molecular weight is 102 g/mol. The van der Waals surface area contributed by atoms with Gasteiger partial charge in [0.15, 0.2) is 0 Å². The first-order chi connectivity index (χ1) is 3.06. The van der Waals surface area contributed by atoms with Crippen molar-refractivity contribution in [2.75, 3.05) is 0 Å². The van der Waals surface area contributed by atoms with Crippen molar-refractivity contribution < 1.29 is 18.9 Å². The minimum Gasteiger partial charge on any atom is -0.338 e. The van der Waals surface area contributed by atoms with E-state index in [0.717, 1.165) is 0 Å². The SMILES string of the molecule is [CH-]=C=CC(C)(C)C.[Li+]. The maximum atomic E-state index is 5.01. The molecule has 40 valence electrons. The molecule has 0 aliphatic carbocycles. The average Bonchev–Trinajstić information content (AvgIpc) is 1.30. The summed E-state index contributed by atoms with van der Waals surface area (Å²) in [6.07, 6.45) is 1.84. The van der Waals surface area contributed by atoms with E-state index in [1.165, 1.54) is 0 Å². The Hall–Kier alpha value is 0.117. The zero-order chi connectivity index (χ0) is 5.91. The second-order valence-electron chi connectivity index (χ2n) is 2.68. The Balaban J connectivity index is 0. The van der Waals surface area contributed by atoms with Crippen molar-refractivity contribution in [1.82, 2.24) is 0 Å². The van der Waals surface area contributed by atoms with Crippen LogP contribution in [0.5, 0.6) is 0 Å². The van der Waals surface area contributed by atoms with Crippen molar-refractivity contribution in [3.05, 3.63) is 18.4 Å². The molecule has 0 amide bonds. The van der Waals surface area contributed by atoms with Crippen LogP contribution < -0.4 is 18.9 Å². The van der Waals surface area contributed by atoms with Gasteiger partial charge in [0.05, 0.1) is 0 Å². The molecule has 0 N–H and O–H groups in total. The molecule has 0 saturated carbocycles. The summed E-state index contributed by atoms with van der Waals surface area (Å²) in [5, 5.41) is 0. The van der Waals surface area contributed by atoms with Crippen LogP contribution in [-0.2, 0) is 0 Å². The van der Waals surface area contributed by atoms with Gasteiger partial charge in [-0.3, -0.25) is 0 Å². The van der Waals surface area contributed by atoms with E-state index in [0.29, 0.717) is 0 Å². The Morgan fingerprint density at radius 2 is 1.75 bits per heavy atom. The van der Waals surface area contributed by atoms with Gasteiger partial charge < -0.3 is 5.73 Å². The first kappa shape index (κ1) is 11.0. The first-order valence-electron chi connectivity index (χ1n) is 2.37. The minimum absolute atomic E-state index is 0. The Labute approximate surface area is 63.8 Å². The van der Waals surface area contributed by atoms with E-state index >= 15 is 0 Å². The molecule has 0 saturated heterocycles. The summed E-state index contributed by atoms with van der Waals surface area (Å²) in [5.41, 5.74) is 2.67. The molecule has 0 bridgehead atoms. The van der Waals surface area contributed by atoms with E-state index in [1.54, 1.807) is 0 Å². The molecule has 0 aromatic heterocycles. The summed E-state index contributed by atoms with van der Waals surface area (Å²) in [6, 6.07) is 0. The fourth-order valence-electron chi connectivity index (χ4n) is 0.250. The van der Waals surface area contributed by atoms with Gasteiger partial charge in [0.25, 0.3) is 0 Å². The molecule has 0 unspecified atom stereocenters. The largest absolute Gasteiger partial charge is 1.00 e. The van der Waals surface area contributed by atoms with E-state index in [4.69, 9.17) is 6.58 Å². The molecule has 0 heterocycles. The Morgan fingerprint density at radius 3 is 1.75 bits per heavy atom. The van der Waals surface area contributed by atoms with Gasteiger partial charge in [-0.05, 0) is 0 Å². The molecule has 0 rings (SSSR count). The van der Waals surface area contributed by atoms with Crippen LogP contribution in [0.2, 0.25) is 0 Å². The topological polar surface area (TPSA) is 0 Å². The molecule has 0 aliphatic heterocycles. The monoisotopic (exact) mass is 102 g/mol. The standard InChI is InChI=1S/C7H11.Li/c1-5-6-7(2,3)4;/h1,6H,2-4H3;/q-1;+1. The normalized spacial score (nSPS) is 8.88. The summed E-state index contributed by atoms with van der Waals surface area (Å²) >= 11 is 0. The molecule has 0 fully saturated rings. The molecule has 8 heavy (non-hydrogen) atoms. The number of allylic oxidation sites excluding steroid dienone is 1. The predicted molar refractivity (Wildman–Crippen MR) is 31.8 cm³/mol. The van der Waals surface area contributed by atoms with Crippen LogP contribution in [0.15, 0.2) is 11.8 Å². The van der Waals surface area contributed by atoms with Gasteiger partial charge in [-0.15, -0.1) is 0 Å². The van der Waals surface area contributed by atoms with Crippen LogP contribution in [0.1, 0.15) is 20.8 Å². The Bertz CT molecular complexity index is 91.4. The number of hydrogen-bond acceptors (Lipinski definition) is 0. The van der Waals surface area contributed by atoms with Crippen LogP contribution in [0.25, 0.3) is 0 Å². The van der Waals surface area contributed by atoms with Crippen molar-refractivity contribution in [3.63, 3.8) is 0 Å². The number of hydrogen-bond donors (Lipinski definition) is 0. The number of rotatable bonds is 0. The van der Waals surface area contributed by atoms with Crippen LogP contribution >= 0.6 is 0 Å². The second kappa shape index (κ2) is 4.04. The minimum atomic E-state index is 0. The van der Waals surface area contributed by atoms with Crippen molar-refractivity contribution in [2.24, 2.45) is 5.41 Å². The molecule has 0 aliphatic rings. The molecule has 0 nitrogen and oxygen atoms in total. The van der Waals surface area contributed by atoms with Gasteiger partial charge in [-0.1, -0.05) is 26.2 Å². The summed E-state index contributed by atoms with van der Waals surface area (Å²) in [7, 11) is 0. The van der Waals surface area contributed by atoms with Gasteiger partial charge in [-0.25, -0.2) is 6.58 Å². The second-order valence-corrected chi connectivity index (χ2v) is 2.68. The van der Waals surface area contributed by atoms with E-state index in [2.05, 4.69) is 26.5 Å². The van der Waals surface area contributed by atoms with E-state index < -0.39 is 0 Å². The quantitative estimate of drug-likeness (QED) is 0.213. The smallest absolute Gasteiger partial charge is 0.338 e. The molecule has 0 atom stereocenters. The molecule has 0 aromatic carbocycles. The van der Waals surface area contributed by atoms with Gasteiger partial charge >= 0.3 is 18.9 Å². The third kappa shape index (κ3) is 9.45. The van der Waals surface area contributed by atoms with Gasteiger partial charge in [0, 0.05) is 0 Å². The molecule has 0 aromatic rings. The van der Waals surface area contributed by atoms with Crippen LogP contribution in [0.4, 0.5) is 0 Å². The molecule has 0 radical (unpaired) electrons. The van der Waals surface area contributed by atoms with E-state index in [9.17, 15) is 0 Å². The molecule has 1 heteroatoms. The zero-order valence-corrected chi connectivity index (χ0v) is 6.15.